The maximum atomic E-state index is 8.68. The van der Waals surface area contributed by atoms with Gasteiger partial charge in [-0.25, -0.2) is 9.97 Å². The summed E-state index contributed by atoms with van der Waals surface area (Å²) in [5.74, 6) is 2.82. The summed E-state index contributed by atoms with van der Waals surface area (Å²) in [6, 6.07) is 0. The van der Waals surface area contributed by atoms with Gasteiger partial charge in [-0.15, -0.1) is 0 Å². The van der Waals surface area contributed by atoms with Crippen LogP contribution < -0.4 is 10.6 Å². The second-order valence-corrected chi connectivity index (χ2v) is 4.54. The van der Waals surface area contributed by atoms with Gasteiger partial charge in [-0.1, -0.05) is 5.16 Å². The van der Waals surface area contributed by atoms with Gasteiger partial charge in [-0.05, 0) is 0 Å². The van der Waals surface area contributed by atoms with Crippen LogP contribution in [0.25, 0.3) is 0 Å². The fourth-order valence-corrected chi connectivity index (χ4v) is 2.47. The summed E-state index contributed by atoms with van der Waals surface area (Å²) >= 11 is 1.91. The molecule has 7 heteroatoms. The van der Waals surface area contributed by atoms with Crippen molar-refractivity contribution in [2.75, 3.05) is 29.5 Å². The second kappa shape index (κ2) is 5.02. The van der Waals surface area contributed by atoms with Crippen molar-refractivity contribution in [3.05, 3.63) is 18.1 Å². The number of hydrogen-bond donors (Lipinski definition) is 2. The Morgan fingerprint density at radius 1 is 1.38 bits per heavy atom. The van der Waals surface area contributed by atoms with Crippen LogP contribution in [0.15, 0.2) is 17.5 Å². The second-order valence-electron chi connectivity index (χ2n) is 3.31. The van der Waals surface area contributed by atoms with E-state index in [1.54, 1.807) is 6.20 Å². The van der Waals surface area contributed by atoms with Gasteiger partial charge in [0.2, 0.25) is 0 Å². The molecule has 1 saturated heterocycles. The minimum Gasteiger partial charge on any atom is -0.409 e. The van der Waals surface area contributed by atoms with Crippen LogP contribution in [0.1, 0.15) is 5.69 Å². The molecule has 1 aromatic heterocycles. The third kappa shape index (κ3) is 2.19. The maximum Gasteiger partial charge on any atom is 0.192 e. The average Bonchev–Trinajstić information content (AvgIpc) is 2.39. The molecule has 1 aliphatic heterocycles. The number of amidine groups is 1. The Morgan fingerprint density at radius 3 is 2.75 bits per heavy atom. The molecule has 0 aliphatic carbocycles. The molecule has 86 valence electrons. The molecule has 6 nitrogen and oxygen atoms in total. The number of anilines is 1. The van der Waals surface area contributed by atoms with Crippen molar-refractivity contribution in [2.24, 2.45) is 10.9 Å². The molecule has 1 aliphatic rings. The van der Waals surface area contributed by atoms with Crippen molar-refractivity contribution in [3.8, 4) is 0 Å². The average molecular weight is 239 g/mol. The molecular weight excluding hydrogens is 226 g/mol. The first kappa shape index (κ1) is 11.0. The van der Waals surface area contributed by atoms with Gasteiger partial charge in [0.25, 0.3) is 0 Å². The lowest BCUT2D eigenvalue weighted by Crippen LogP contribution is -2.35. The van der Waals surface area contributed by atoms with E-state index in [0.717, 1.165) is 24.6 Å². The van der Waals surface area contributed by atoms with Crippen LogP contribution in [-0.2, 0) is 0 Å². The molecular formula is C9H13N5OS. The van der Waals surface area contributed by atoms with Crippen LogP contribution in [-0.4, -0.2) is 45.6 Å². The van der Waals surface area contributed by atoms with Crippen LogP contribution >= 0.6 is 11.8 Å². The van der Waals surface area contributed by atoms with Crippen molar-refractivity contribution in [2.45, 2.75) is 0 Å². The van der Waals surface area contributed by atoms with Crippen molar-refractivity contribution in [1.29, 1.82) is 0 Å². The summed E-state index contributed by atoms with van der Waals surface area (Å²) in [6.45, 7) is 1.82. The molecule has 0 aromatic carbocycles. The number of thioether (sulfide) groups is 1. The first-order chi connectivity index (χ1) is 7.83. The summed E-state index contributed by atoms with van der Waals surface area (Å²) in [4.78, 5) is 10.5. The fourth-order valence-electron chi connectivity index (χ4n) is 1.57. The summed E-state index contributed by atoms with van der Waals surface area (Å²) < 4.78 is 0. The number of aromatic nitrogens is 2. The highest BCUT2D eigenvalue weighted by Gasteiger charge is 2.18. The zero-order valence-corrected chi connectivity index (χ0v) is 9.52. The highest BCUT2D eigenvalue weighted by Crippen LogP contribution is 2.19. The zero-order chi connectivity index (χ0) is 11.4. The van der Waals surface area contributed by atoms with E-state index in [1.807, 2.05) is 11.8 Å². The molecule has 3 N–H and O–H groups in total. The molecule has 2 rings (SSSR count). The topological polar surface area (TPSA) is 87.6 Å². The Balaban J connectivity index is 2.31. The zero-order valence-electron chi connectivity index (χ0n) is 8.70. The SMILES string of the molecule is NC(=NO)c1nccnc1N1CCSCC1. The Hall–Kier alpha value is -1.50. The molecule has 0 spiro atoms. The largest absolute Gasteiger partial charge is 0.409 e. The molecule has 1 fully saturated rings. The van der Waals surface area contributed by atoms with Gasteiger partial charge in [0.15, 0.2) is 17.3 Å². The number of nitrogens with two attached hydrogens (primary N) is 1. The highest BCUT2D eigenvalue weighted by atomic mass is 32.2. The lowest BCUT2D eigenvalue weighted by atomic mass is 10.3. The van der Waals surface area contributed by atoms with Gasteiger partial charge in [-0.3, -0.25) is 0 Å². The maximum absolute atomic E-state index is 8.68. The van der Waals surface area contributed by atoms with Crippen LogP contribution in [0.4, 0.5) is 5.82 Å². The Bertz CT molecular complexity index is 391. The summed E-state index contributed by atoms with van der Waals surface area (Å²) in [7, 11) is 0. The molecule has 0 bridgehead atoms. The predicted molar refractivity (Wildman–Crippen MR) is 64.1 cm³/mol. The normalized spacial score (nSPS) is 17.5. The van der Waals surface area contributed by atoms with Crippen LogP contribution in [0.2, 0.25) is 0 Å². The standard InChI is InChI=1S/C9H13N5OS/c10-8(13-15)7-9(12-2-1-11-7)14-3-5-16-6-4-14/h1-2,15H,3-6H2,(H2,10,13). The monoisotopic (exact) mass is 239 g/mol. The minimum atomic E-state index is 0.00123. The third-order valence-corrected chi connectivity index (χ3v) is 3.28. The van der Waals surface area contributed by atoms with Gasteiger partial charge in [0.05, 0.1) is 0 Å². The Labute approximate surface area is 97.6 Å². The van der Waals surface area contributed by atoms with E-state index in [2.05, 4.69) is 20.0 Å². The summed E-state index contributed by atoms with van der Waals surface area (Å²) in [6.07, 6.45) is 3.15. The van der Waals surface area contributed by atoms with Gasteiger partial charge in [-0.2, -0.15) is 11.8 Å². The van der Waals surface area contributed by atoms with Gasteiger partial charge in [0.1, 0.15) is 0 Å². The Morgan fingerprint density at radius 2 is 2.06 bits per heavy atom. The van der Waals surface area contributed by atoms with E-state index in [1.165, 1.54) is 6.20 Å². The number of nitrogens with zero attached hydrogens (tertiary/aromatic N) is 4. The van der Waals surface area contributed by atoms with E-state index >= 15 is 0 Å². The van der Waals surface area contributed by atoms with Gasteiger partial charge in [0, 0.05) is 37.0 Å². The molecule has 0 unspecified atom stereocenters. The first-order valence-electron chi connectivity index (χ1n) is 4.94. The Kier molecular flexibility index (Phi) is 3.45. The third-order valence-electron chi connectivity index (χ3n) is 2.34. The molecule has 0 radical (unpaired) electrons. The molecule has 0 saturated carbocycles. The highest BCUT2D eigenvalue weighted by molar-refractivity contribution is 7.99. The quantitative estimate of drug-likeness (QED) is 0.330. The molecule has 16 heavy (non-hydrogen) atoms. The lowest BCUT2D eigenvalue weighted by Gasteiger charge is -2.28. The van der Waals surface area contributed by atoms with Gasteiger partial charge >= 0.3 is 0 Å². The van der Waals surface area contributed by atoms with Crippen molar-refractivity contribution in [3.63, 3.8) is 0 Å². The molecule has 0 amide bonds. The van der Waals surface area contributed by atoms with E-state index in [-0.39, 0.29) is 5.84 Å². The predicted octanol–water partition coefficient (Wildman–Crippen LogP) is 0.124. The van der Waals surface area contributed by atoms with Crippen molar-refractivity contribution < 1.29 is 5.21 Å². The molecule has 1 aromatic rings. The smallest absolute Gasteiger partial charge is 0.192 e. The van der Waals surface area contributed by atoms with Crippen LogP contribution in [0, 0.1) is 0 Å². The van der Waals surface area contributed by atoms with Crippen molar-refractivity contribution >= 4 is 23.4 Å². The van der Waals surface area contributed by atoms with E-state index in [0.29, 0.717) is 11.5 Å². The van der Waals surface area contributed by atoms with E-state index in [4.69, 9.17) is 10.9 Å². The van der Waals surface area contributed by atoms with Crippen molar-refractivity contribution in [1.82, 2.24) is 9.97 Å². The summed E-state index contributed by atoms with van der Waals surface area (Å²) in [5.41, 5.74) is 6.01. The number of rotatable bonds is 2. The summed E-state index contributed by atoms with van der Waals surface area (Å²) in [5, 5.41) is 11.7. The number of hydrogen-bond acceptors (Lipinski definition) is 6. The van der Waals surface area contributed by atoms with E-state index in [9.17, 15) is 0 Å². The minimum absolute atomic E-state index is 0.00123. The van der Waals surface area contributed by atoms with Crippen LogP contribution in [0.3, 0.4) is 0 Å². The van der Waals surface area contributed by atoms with Crippen LogP contribution in [0.5, 0.6) is 0 Å². The molecule has 2 heterocycles. The van der Waals surface area contributed by atoms with E-state index < -0.39 is 0 Å². The fraction of sp³-hybridized carbons (Fsp3) is 0.444. The molecule has 0 atom stereocenters. The first-order valence-corrected chi connectivity index (χ1v) is 6.10. The van der Waals surface area contributed by atoms with Gasteiger partial charge < -0.3 is 15.8 Å². The lowest BCUT2D eigenvalue weighted by molar-refractivity contribution is 0.318. The number of oxime groups is 1.